The molecule has 1 rings (SSSR count). The standard InChI is InChI=1S/C11H20N2O/c1-14-10-11-4-8-13(9-5-11)7-3-2-6-12/h11H,2-5,7-10H2,1H3. The van der Waals surface area contributed by atoms with Gasteiger partial charge < -0.3 is 9.64 Å². The van der Waals surface area contributed by atoms with Crippen LogP contribution >= 0.6 is 0 Å². The van der Waals surface area contributed by atoms with E-state index in [1.165, 1.54) is 25.9 Å². The van der Waals surface area contributed by atoms with Gasteiger partial charge in [-0.15, -0.1) is 0 Å². The minimum atomic E-state index is 0.692. The predicted octanol–water partition coefficient (Wildman–Crippen LogP) is 1.65. The molecule has 0 bridgehead atoms. The van der Waals surface area contributed by atoms with Crippen molar-refractivity contribution in [3.63, 3.8) is 0 Å². The van der Waals surface area contributed by atoms with Crippen LogP contribution in [0.3, 0.4) is 0 Å². The number of unbranched alkanes of at least 4 members (excludes halogenated alkanes) is 1. The minimum absolute atomic E-state index is 0.692. The molecule has 0 radical (unpaired) electrons. The van der Waals surface area contributed by atoms with Gasteiger partial charge in [-0.2, -0.15) is 5.26 Å². The average molecular weight is 196 g/mol. The summed E-state index contributed by atoms with van der Waals surface area (Å²) in [5.41, 5.74) is 0. The number of piperidine rings is 1. The summed E-state index contributed by atoms with van der Waals surface area (Å²) >= 11 is 0. The second-order valence-corrected chi connectivity index (χ2v) is 4.00. The highest BCUT2D eigenvalue weighted by molar-refractivity contribution is 4.74. The smallest absolute Gasteiger partial charge is 0.0622 e. The minimum Gasteiger partial charge on any atom is -0.384 e. The van der Waals surface area contributed by atoms with Crippen molar-refractivity contribution in [2.75, 3.05) is 33.4 Å². The molecule has 0 aromatic carbocycles. The Kier molecular flexibility index (Phi) is 5.58. The van der Waals surface area contributed by atoms with E-state index in [9.17, 15) is 0 Å². The Morgan fingerprint density at radius 2 is 2.14 bits per heavy atom. The first-order valence-corrected chi connectivity index (χ1v) is 5.45. The maximum atomic E-state index is 8.42. The Labute approximate surface area is 86.6 Å². The maximum Gasteiger partial charge on any atom is 0.0622 e. The molecule has 0 amide bonds. The Morgan fingerprint density at radius 1 is 1.43 bits per heavy atom. The highest BCUT2D eigenvalue weighted by Crippen LogP contribution is 2.17. The van der Waals surface area contributed by atoms with Gasteiger partial charge in [0.25, 0.3) is 0 Å². The molecule has 14 heavy (non-hydrogen) atoms. The van der Waals surface area contributed by atoms with E-state index in [-0.39, 0.29) is 0 Å². The van der Waals surface area contributed by atoms with Gasteiger partial charge in [0.2, 0.25) is 0 Å². The van der Waals surface area contributed by atoms with Crippen LogP contribution in [0.15, 0.2) is 0 Å². The SMILES string of the molecule is COCC1CCN(CCCC#N)CC1. The van der Waals surface area contributed by atoms with Gasteiger partial charge in [0.05, 0.1) is 6.07 Å². The van der Waals surface area contributed by atoms with E-state index >= 15 is 0 Å². The van der Waals surface area contributed by atoms with Gasteiger partial charge in [-0.25, -0.2) is 0 Å². The molecule has 0 aliphatic carbocycles. The largest absolute Gasteiger partial charge is 0.384 e. The number of ether oxygens (including phenoxy) is 1. The predicted molar refractivity (Wildman–Crippen MR) is 55.9 cm³/mol. The molecular weight excluding hydrogens is 176 g/mol. The number of methoxy groups -OCH3 is 1. The first-order chi connectivity index (χ1) is 6.86. The molecule has 0 spiro atoms. The first-order valence-electron chi connectivity index (χ1n) is 5.45. The summed E-state index contributed by atoms with van der Waals surface area (Å²) in [6, 6.07) is 2.19. The molecule has 80 valence electrons. The van der Waals surface area contributed by atoms with Gasteiger partial charge in [0.15, 0.2) is 0 Å². The molecule has 3 nitrogen and oxygen atoms in total. The van der Waals surface area contributed by atoms with Gasteiger partial charge in [-0.3, -0.25) is 0 Å². The van der Waals surface area contributed by atoms with Crippen LogP contribution in [0.1, 0.15) is 25.7 Å². The fourth-order valence-electron chi connectivity index (χ4n) is 1.99. The first kappa shape index (κ1) is 11.5. The number of rotatable bonds is 5. The summed E-state index contributed by atoms with van der Waals surface area (Å²) in [7, 11) is 1.78. The zero-order chi connectivity index (χ0) is 10.2. The molecule has 1 saturated heterocycles. The monoisotopic (exact) mass is 196 g/mol. The maximum absolute atomic E-state index is 8.42. The highest BCUT2D eigenvalue weighted by Gasteiger charge is 2.18. The molecule has 1 heterocycles. The van der Waals surface area contributed by atoms with Crippen LogP contribution < -0.4 is 0 Å². The summed E-state index contributed by atoms with van der Waals surface area (Å²) in [4.78, 5) is 2.46. The lowest BCUT2D eigenvalue weighted by Gasteiger charge is -2.31. The molecule has 0 saturated carbocycles. The second kappa shape index (κ2) is 6.80. The molecule has 0 unspecified atom stereocenters. The summed E-state index contributed by atoms with van der Waals surface area (Å²) in [5.74, 6) is 0.757. The zero-order valence-corrected chi connectivity index (χ0v) is 9.04. The van der Waals surface area contributed by atoms with Gasteiger partial charge in [-0.05, 0) is 44.8 Å². The van der Waals surface area contributed by atoms with Crippen LogP contribution in [-0.4, -0.2) is 38.3 Å². The molecule has 1 aliphatic heterocycles. The van der Waals surface area contributed by atoms with Crippen molar-refractivity contribution < 1.29 is 4.74 Å². The fourth-order valence-corrected chi connectivity index (χ4v) is 1.99. The average Bonchev–Trinajstić information content (AvgIpc) is 2.21. The highest BCUT2D eigenvalue weighted by atomic mass is 16.5. The molecular formula is C11H20N2O. The second-order valence-electron chi connectivity index (χ2n) is 4.00. The van der Waals surface area contributed by atoms with E-state index in [0.717, 1.165) is 25.5 Å². The lowest BCUT2D eigenvalue weighted by Crippen LogP contribution is -2.35. The van der Waals surface area contributed by atoms with Crippen molar-refractivity contribution in [3.8, 4) is 6.07 Å². The zero-order valence-electron chi connectivity index (χ0n) is 9.04. The number of hydrogen-bond acceptors (Lipinski definition) is 3. The van der Waals surface area contributed by atoms with Gasteiger partial charge in [0.1, 0.15) is 0 Å². The number of nitriles is 1. The van der Waals surface area contributed by atoms with E-state index in [2.05, 4.69) is 11.0 Å². The van der Waals surface area contributed by atoms with Crippen molar-refractivity contribution in [2.24, 2.45) is 5.92 Å². The van der Waals surface area contributed by atoms with E-state index in [1.807, 2.05) is 0 Å². The molecule has 0 N–H and O–H groups in total. The molecule has 0 atom stereocenters. The van der Waals surface area contributed by atoms with Crippen LogP contribution in [-0.2, 0) is 4.74 Å². The number of likely N-dealkylation sites (tertiary alicyclic amines) is 1. The van der Waals surface area contributed by atoms with Gasteiger partial charge in [0, 0.05) is 20.1 Å². The molecule has 1 aliphatic rings. The van der Waals surface area contributed by atoms with Crippen molar-refractivity contribution in [1.29, 1.82) is 5.26 Å². The van der Waals surface area contributed by atoms with Crippen molar-refractivity contribution >= 4 is 0 Å². The summed E-state index contributed by atoms with van der Waals surface area (Å²) in [5, 5.41) is 8.42. The van der Waals surface area contributed by atoms with Gasteiger partial charge >= 0.3 is 0 Å². The normalized spacial score (nSPS) is 19.4. The molecule has 3 heteroatoms. The third-order valence-electron chi connectivity index (χ3n) is 2.87. The molecule has 0 aromatic rings. The van der Waals surface area contributed by atoms with Crippen LogP contribution in [0.5, 0.6) is 0 Å². The van der Waals surface area contributed by atoms with Crippen molar-refractivity contribution in [2.45, 2.75) is 25.7 Å². The molecule has 1 fully saturated rings. The van der Waals surface area contributed by atoms with Crippen LogP contribution in [0.25, 0.3) is 0 Å². The fraction of sp³-hybridized carbons (Fsp3) is 0.909. The number of hydrogen-bond donors (Lipinski definition) is 0. The Bertz CT molecular complexity index is 180. The van der Waals surface area contributed by atoms with E-state index in [1.54, 1.807) is 7.11 Å². The van der Waals surface area contributed by atoms with Crippen molar-refractivity contribution in [3.05, 3.63) is 0 Å². The van der Waals surface area contributed by atoms with Crippen LogP contribution in [0, 0.1) is 17.2 Å². The Balaban J connectivity index is 2.07. The Morgan fingerprint density at radius 3 is 2.71 bits per heavy atom. The number of nitrogens with zero attached hydrogens (tertiary/aromatic N) is 2. The summed E-state index contributed by atoms with van der Waals surface area (Å²) in [6.45, 7) is 4.36. The van der Waals surface area contributed by atoms with Crippen LogP contribution in [0.2, 0.25) is 0 Å². The topological polar surface area (TPSA) is 36.3 Å². The van der Waals surface area contributed by atoms with E-state index in [4.69, 9.17) is 10.00 Å². The lowest BCUT2D eigenvalue weighted by atomic mass is 9.98. The lowest BCUT2D eigenvalue weighted by molar-refractivity contribution is 0.0992. The summed E-state index contributed by atoms with van der Waals surface area (Å²) in [6.07, 6.45) is 4.21. The van der Waals surface area contributed by atoms with E-state index in [0.29, 0.717) is 6.42 Å². The van der Waals surface area contributed by atoms with Crippen molar-refractivity contribution in [1.82, 2.24) is 4.90 Å². The molecule has 0 aromatic heterocycles. The Hall–Kier alpha value is -0.590. The summed E-state index contributed by atoms with van der Waals surface area (Å²) < 4.78 is 5.15. The quantitative estimate of drug-likeness (QED) is 0.627. The van der Waals surface area contributed by atoms with Gasteiger partial charge in [-0.1, -0.05) is 0 Å². The van der Waals surface area contributed by atoms with E-state index < -0.39 is 0 Å². The van der Waals surface area contributed by atoms with Crippen LogP contribution in [0.4, 0.5) is 0 Å². The third-order valence-corrected chi connectivity index (χ3v) is 2.87. The third kappa shape index (κ3) is 4.08.